The minimum Gasteiger partial charge on any atom is -0.316 e. The molecule has 4 nitrogen and oxygen atoms in total. The maximum Gasteiger partial charge on any atom is 0.0860 e. The van der Waals surface area contributed by atoms with Gasteiger partial charge in [0.1, 0.15) is 0 Å². The van der Waals surface area contributed by atoms with Gasteiger partial charge in [-0.05, 0) is 58.7 Å². The molecule has 1 aliphatic rings. The highest BCUT2D eigenvalue weighted by Gasteiger charge is 2.22. The second-order valence-electron chi connectivity index (χ2n) is 6.11. The van der Waals surface area contributed by atoms with Crippen molar-refractivity contribution in [1.29, 1.82) is 0 Å². The molecule has 0 amide bonds. The van der Waals surface area contributed by atoms with Gasteiger partial charge in [0.15, 0.2) is 0 Å². The first-order chi connectivity index (χ1) is 10.2. The Bertz CT molecular complexity index is 444. The van der Waals surface area contributed by atoms with E-state index in [4.69, 9.17) is 11.6 Å². The predicted octanol–water partition coefficient (Wildman–Crippen LogP) is 3.08. The van der Waals surface area contributed by atoms with E-state index in [1.807, 2.05) is 6.92 Å². The number of halogens is 1. The van der Waals surface area contributed by atoms with E-state index in [2.05, 4.69) is 33.8 Å². The lowest BCUT2D eigenvalue weighted by Gasteiger charge is -2.33. The summed E-state index contributed by atoms with van der Waals surface area (Å²) in [4.78, 5) is 2.54. The quantitative estimate of drug-likeness (QED) is 0.786. The highest BCUT2D eigenvalue weighted by Crippen LogP contribution is 2.24. The summed E-state index contributed by atoms with van der Waals surface area (Å²) in [6, 6.07) is 0. The molecular weight excluding hydrogens is 284 g/mol. The number of piperidine rings is 1. The lowest BCUT2D eigenvalue weighted by molar-refractivity contribution is 0.161. The molecule has 1 aromatic heterocycles. The van der Waals surface area contributed by atoms with Crippen molar-refractivity contribution in [2.75, 3.05) is 26.2 Å². The van der Waals surface area contributed by atoms with Crippen molar-refractivity contribution < 1.29 is 0 Å². The van der Waals surface area contributed by atoms with Crippen LogP contribution in [0.5, 0.6) is 0 Å². The lowest BCUT2D eigenvalue weighted by atomic mass is 9.98. The van der Waals surface area contributed by atoms with Crippen LogP contribution in [0.1, 0.15) is 44.5 Å². The molecule has 1 N–H and O–H groups in total. The van der Waals surface area contributed by atoms with Gasteiger partial charge in [0.2, 0.25) is 0 Å². The third-order valence-corrected chi connectivity index (χ3v) is 4.78. The van der Waals surface area contributed by atoms with Gasteiger partial charge in [-0.2, -0.15) is 5.10 Å². The molecule has 0 aliphatic carbocycles. The van der Waals surface area contributed by atoms with Crippen LogP contribution < -0.4 is 5.32 Å². The van der Waals surface area contributed by atoms with Gasteiger partial charge in [-0.1, -0.05) is 18.5 Å². The molecule has 1 unspecified atom stereocenters. The lowest BCUT2D eigenvalue weighted by Crippen LogP contribution is -2.39. The van der Waals surface area contributed by atoms with Crippen LogP contribution >= 0.6 is 11.6 Å². The Balaban J connectivity index is 1.93. The number of hydrogen-bond acceptors (Lipinski definition) is 3. The maximum absolute atomic E-state index is 6.43. The molecule has 5 heteroatoms. The average molecular weight is 313 g/mol. The molecule has 0 radical (unpaired) electrons. The van der Waals surface area contributed by atoms with E-state index in [-0.39, 0.29) is 0 Å². The van der Waals surface area contributed by atoms with Crippen LogP contribution in [0.3, 0.4) is 0 Å². The Morgan fingerprint density at radius 1 is 1.38 bits per heavy atom. The molecule has 2 rings (SSSR count). The van der Waals surface area contributed by atoms with E-state index in [1.54, 1.807) is 0 Å². The third kappa shape index (κ3) is 4.44. The fourth-order valence-electron chi connectivity index (χ4n) is 3.18. The summed E-state index contributed by atoms with van der Waals surface area (Å²) in [5.41, 5.74) is 2.13. The zero-order chi connectivity index (χ0) is 15.2. The van der Waals surface area contributed by atoms with Gasteiger partial charge in [0, 0.05) is 19.6 Å². The van der Waals surface area contributed by atoms with Crippen LogP contribution in [0.25, 0.3) is 0 Å². The zero-order valence-corrected chi connectivity index (χ0v) is 14.4. The molecule has 1 fully saturated rings. The van der Waals surface area contributed by atoms with Gasteiger partial charge in [-0.15, -0.1) is 0 Å². The predicted molar refractivity (Wildman–Crippen MR) is 88.8 cm³/mol. The van der Waals surface area contributed by atoms with Gasteiger partial charge in [-0.3, -0.25) is 9.58 Å². The van der Waals surface area contributed by atoms with E-state index >= 15 is 0 Å². The highest BCUT2D eigenvalue weighted by atomic mass is 35.5. The van der Waals surface area contributed by atoms with Crippen molar-refractivity contribution in [1.82, 2.24) is 20.0 Å². The van der Waals surface area contributed by atoms with Crippen molar-refractivity contribution in [3.05, 3.63) is 16.4 Å². The number of nitrogens with one attached hydrogen (secondary N) is 1. The first-order valence-corrected chi connectivity index (χ1v) is 8.68. The molecule has 0 aromatic carbocycles. The second kappa shape index (κ2) is 8.16. The summed E-state index contributed by atoms with van der Waals surface area (Å²) in [6.45, 7) is 12.8. The van der Waals surface area contributed by atoms with E-state index < -0.39 is 0 Å². The standard InChI is InChI=1S/C16H29ClN4/c1-4-8-18-10-14-7-6-9-20(11-14)12-15-16(17)13(3)19-21(15)5-2/h14,18H,4-12H2,1-3H3. The number of rotatable bonds is 7. The average Bonchev–Trinajstić information content (AvgIpc) is 2.76. The largest absolute Gasteiger partial charge is 0.316 e. The van der Waals surface area contributed by atoms with E-state index in [0.29, 0.717) is 0 Å². The van der Waals surface area contributed by atoms with Crippen LogP contribution in [0.2, 0.25) is 5.02 Å². The summed E-state index contributed by atoms with van der Waals surface area (Å²) < 4.78 is 2.05. The SMILES string of the molecule is CCCNCC1CCCN(Cc2c(Cl)c(C)nn2CC)C1. The highest BCUT2D eigenvalue weighted by molar-refractivity contribution is 6.31. The monoisotopic (exact) mass is 312 g/mol. The summed E-state index contributed by atoms with van der Waals surface area (Å²) in [5, 5.41) is 8.93. The molecule has 0 bridgehead atoms. The maximum atomic E-state index is 6.43. The number of nitrogens with zero attached hydrogens (tertiary/aromatic N) is 3. The van der Waals surface area contributed by atoms with Crippen molar-refractivity contribution >= 4 is 11.6 Å². The van der Waals surface area contributed by atoms with Gasteiger partial charge in [0.05, 0.1) is 16.4 Å². The smallest absolute Gasteiger partial charge is 0.0860 e. The van der Waals surface area contributed by atoms with Gasteiger partial charge >= 0.3 is 0 Å². The van der Waals surface area contributed by atoms with E-state index in [1.165, 1.54) is 38.0 Å². The van der Waals surface area contributed by atoms with Crippen LogP contribution in [0, 0.1) is 12.8 Å². The van der Waals surface area contributed by atoms with Crippen molar-refractivity contribution in [3.8, 4) is 0 Å². The molecule has 2 heterocycles. The third-order valence-electron chi connectivity index (χ3n) is 4.29. The zero-order valence-electron chi connectivity index (χ0n) is 13.7. The van der Waals surface area contributed by atoms with Gasteiger partial charge < -0.3 is 5.32 Å². The number of aryl methyl sites for hydroxylation is 2. The Morgan fingerprint density at radius 2 is 2.19 bits per heavy atom. The Hall–Kier alpha value is -0.580. The summed E-state index contributed by atoms with van der Waals surface area (Å²) in [5.74, 6) is 0.767. The van der Waals surface area contributed by atoms with E-state index in [0.717, 1.165) is 42.8 Å². The number of hydrogen-bond donors (Lipinski definition) is 1. The van der Waals surface area contributed by atoms with Crippen LogP contribution in [0.4, 0.5) is 0 Å². The molecular formula is C16H29ClN4. The van der Waals surface area contributed by atoms with E-state index in [9.17, 15) is 0 Å². The molecule has 1 saturated heterocycles. The molecule has 0 spiro atoms. The minimum atomic E-state index is 0.767. The van der Waals surface area contributed by atoms with Gasteiger partial charge in [0.25, 0.3) is 0 Å². The molecule has 120 valence electrons. The Morgan fingerprint density at radius 3 is 2.90 bits per heavy atom. The van der Waals surface area contributed by atoms with Crippen LogP contribution in [0.15, 0.2) is 0 Å². The Labute approximate surface area is 133 Å². The van der Waals surface area contributed by atoms with Crippen LogP contribution in [-0.4, -0.2) is 40.9 Å². The van der Waals surface area contributed by atoms with Gasteiger partial charge in [-0.25, -0.2) is 0 Å². The summed E-state index contributed by atoms with van der Waals surface area (Å²) in [6.07, 6.45) is 3.84. The van der Waals surface area contributed by atoms with Crippen molar-refractivity contribution in [2.24, 2.45) is 5.92 Å². The van der Waals surface area contributed by atoms with Crippen molar-refractivity contribution in [3.63, 3.8) is 0 Å². The molecule has 0 saturated carbocycles. The molecule has 1 aromatic rings. The fraction of sp³-hybridized carbons (Fsp3) is 0.812. The molecule has 21 heavy (non-hydrogen) atoms. The molecule has 1 aliphatic heterocycles. The first kappa shape index (κ1) is 16.8. The molecule has 1 atom stereocenters. The number of aromatic nitrogens is 2. The Kier molecular flexibility index (Phi) is 6.52. The fourth-order valence-corrected chi connectivity index (χ4v) is 3.37. The normalized spacial score (nSPS) is 20.1. The van der Waals surface area contributed by atoms with Crippen molar-refractivity contribution in [2.45, 2.75) is 53.1 Å². The minimum absolute atomic E-state index is 0.767. The summed E-state index contributed by atoms with van der Waals surface area (Å²) >= 11 is 6.43. The topological polar surface area (TPSA) is 33.1 Å². The first-order valence-electron chi connectivity index (χ1n) is 8.30. The van der Waals surface area contributed by atoms with Crippen LogP contribution in [-0.2, 0) is 13.1 Å². The second-order valence-corrected chi connectivity index (χ2v) is 6.49. The number of likely N-dealkylation sites (tertiary alicyclic amines) is 1. The summed E-state index contributed by atoms with van der Waals surface area (Å²) in [7, 11) is 0.